The summed E-state index contributed by atoms with van der Waals surface area (Å²) >= 11 is 4.00. The van der Waals surface area contributed by atoms with E-state index in [4.69, 9.17) is 0 Å². The van der Waals surface area contributed by atoms with Crippen molar-refractivity contribution in [1.82, 2.24) is 0 Å². The number of hydrogen-bond acceptors (Lipinski definition) is 1. The Morgan fingerprint density at radius 2 is 1.68 bits per heavy atom. The molecule has 0 aliphatic heterocycles. The first-order valence-corrected chi connectivity index (χ1v) is 12.7. The van der Waals surface area contributed by atoms with Crippen LogP contribution in [-0.4, -0.2) is 31.4 Å². The maximum atomic E-state index is 12.8. The third-order valence-electron chi connectivity index (χ3n) is 4.24. The number of ketones is 1. The van der Waals surface area contributed by atoms with Crippen molar-refractivity contribution in [3.63, 3.8) is 0 Å². The number of Topliss-reactive ketones (excluding diaryl/α,β-unsaturated/α-hetero) is 1. The van der Waals surface area contributed by atoms with Gasteiger partial charge in [0, 0.05) is 0 Å². The van der Waals surface area contributed by atoms with Gasteiger partial charge in [0.25, 0.3) is 0 Å². The van der Waals surface area contributed by atoms with E-state index in [1.165, 1.54) is 19.3 Å². The van der Waals surface area contributed by atoms with Crippen molar-refractivity contribution in [3.05, 3.63) is 35.9 Å². The molecule has 0 amide bonds. The SMILES string of the molecule is CP(C)(C)(Br)C1CCCCC1C(=O)c1ccccc1. The predicted octanol–water partition coefficient (Wildman–Crippen LogP) is 5.18. The molecule has 1 aliphatic carbocycles. The monoisotopic (exact) mass is 342 g/mol. The number of carbonyl (C=O) groups excluding carboxylic acids is 1. The average molecular weight is 343 g/mol. The number of carbonyl (C=O) groups is 1. The Balaban J connectivity index is 2.29. The molecule has 0 radical (unpaired) electrons. The Kier molecular flexibility index (Phi) is 4.23. The van der Waals surface area contributed by atoms with Crippen LogP contribution in [0.5, 0.6) is 0 Å². The number of rotatable bonds is 3. The van der Waals surface area contributed by atoms with Gasteiger partial charge in [0.1, 0.15) is 0 Å². The van der Waals surface area contributed by atoms with Crippen LogP contribution >= 0.6 is 20.8 Å². The van der Waals surface area contributed by atoms with Crippen molar-refractivity contribution < 1.29 is 4.79 Å². The Hall–Kier alpha value is -0.200. The molecule has 2 unspecified atom stereocenters. The first-order chi connectivity index (χ1) is 8.76. The number of halogens is 1. The van der Waals surface area contributed by atoms with Crippen molar-refractivity contribution in [2.24, 2.45) is 5.92 Å². The second-order valence-electron chi connectivity index (χ2n) is 6.91. The van der Waals surface area contributed by atoms with Crippen LogP contribution in [0.4, 0.5) is 0 Å². The topological polar surface area (TPSA) is 17.1 Å². The summed E-state index contributed by atoms with van der Waals surface area (Å²) in [7, 11) is 0. The van der Waals surface area contributed by atoms with E-state index in [-0.39, 0.29) is 5.92 Å². The van der Waals surface area contributed by atoms with E-state index in [0.717, 1.165) is 12.0 Å². The first kappa shape index (κ1) is 15.2. The molecule has 1 fully saturated rings. The molecule has 0 spiro atoms. The standard InChI is InChI=1S/C16H24BrOP/c1-19(2,3,17)15-12-8-7-11-14(15)16(18)13-9-5-4-6-10-13/h4-6,9-10,14-15H,7-8,11-12H2,1-3H3. The van der Waals surface area contributed by atoms with Crippen molar-refractivity contribution in [2.45, 2.75) is 31.3 Å². The third-order valence-corrected chi connectivity index (χ3v) is 8.68. The quantitative estimate of drug-likeness (QED) is 0.546. The van der Waals surface area contributed by atoms with Crippen LogP contribution in [-0.2, 0) is 0 Å². The fraction of sp³-hybridized carbons (Fsp3) is 0.562. The van der Waals surface area contributed by atoms with Crippen LogP contribution in [0, 0.1) is 5.92 Å². The zero-order valence-electron chi connectivity index (χ0n) is 12.1. The van der Waals surface area contributed by atoms with Gasteiger partial charge >= 0.3 is 125 Å². The number of hydrogen-bond donors (Lipinski definition) is 0. The van der Waals surface area contributed by atoms with E-state index in [2.05, 4.69) is 35.5 Å². The minimum atomic E-state index is -1.89. The van der Waals surface area contributed by atoms with Crippen molar-refractivity contribution in [3.8, 4) is 0 Å². The van der Waals surface area contributed by atoms with Gasteiger partial charge < -0.3 is 0 Å². The molecule has 0 heterocycles. The molecule has 1 aliphatic rings. The Morgan fingerprint density at radius 3 is 2.26 bits per heavy atom. The van der Waals surface area contributed by atoms with Gasteiger partial charge in [-0.25, -0.2) is 0 Å². The molecular formula is C16H24BrOP. The predicted molar refractivity (Wildman–Crippen MR) is 90.1 cm³/mol. The van der Waals surface area contributed by atoms with Crippen molar-refractivity contribution in [1.29, 1.82) is 0 Å². The molecule has 1 saturated carbocycles. The molecule has 1 nitrogen and oxygen atoms in total. The van der Waals surface area contributed by atoms with Crippen molar-refractivity contribution >= 4 is 26.6 Å². The molecule has 0 saturated heterocycles. The molecule has 1 aromatic carbocycles. The van der Waals surface area contributed by atoms with Gasteiger partial charge in [0.2, 0.25) is 0 Å². The van der Waals surface area contributed by atoms with Gasteiger partial charge in [-0.1, -0.05) is 0 Å². The van der Waals surface area contributed by atoms with Gasteiger partial charge in [-0.15, -0.1) is 0 Å². The number of benzene rings is 1. The fourth-order valence-electron chi connectivity index (χ4n) is 3.28. The van der Waals surface area contributed by atoms with Crippen LogP contribution < -0.4 is 0 Å². The van der Waals surface area contributed by atoms with E-state index < -0.39 is 5.31 Å². The third kappa shape index (κ3) is 3.67. The molecule has 3 heteroatoms. The van der Waals surface area contributed by atoms with E-state index in [1.54, 1.807) is 0 Å². The molecular weight excluding hydrogens is 319 g/mol. The zero-order chi connectivity index (χ0) is 14.1. The second-order valence-corrected chi connectivity index (χ2v) is 20.6. The molecule has 2 rings (SSSR count). The van der Waals surface area contributed by atoms with Crippen LogP contribution in [0.3, 0.4) is 0 Å². The second kappa shape index (κ2) is 5.30. The fourth-order valence-corrected chi connectivity index (χ4v) is 7.30. The molecule has 106 valence electrons. The van der Waals surface area contributed by atoms with E-state index >= 15 is 0 Å². The molecule has 0 bridgehead atoms. The normalized spacial score (nSPS) is 26.4. The summed E-state index contributed by atoms with van der Waals surface area (Å²) in [6.07, 6.45) is 4.70. The van der Waals surface area contributed by atoms with Gasteiger partial charge in [-0.3, -0.25) is 0 Å². The summed E-state index contributed by atoms with van der Waals surface area (Å²) in [4.78, 5) is 12.8. The Morgan fingerprint density at radius 1 is 1.11 bits per heavy atom. The summed E-state index contributed by atoms with van der Waals surface area (Å²) in [6, 6.07) is 9.81. The first-order valence-electron chi connectivity index (χ1n) is 7.07. The summed E-state index contributed by atoms with van der Waals surface area (Å²) < 4.78 is 0. The molecule has 0 N–H and O–H groups in total. The molecule has 1 aromatic rings. The van der Waals surface area contributed by atoms with Gasteiger partial charge in [-0.05, 0) is 0 Å². The van der Waals surface area contributed by atoms with Crippen LogP contribution in [0.25, 0.3) is 0 Å². The van der Waals surface area contributed by atoms with Gasteiger partial charge in [-0.2, -0.15) is 0 Å². The van der Waals surface area contributed by atoms with Crippen molar-refractivity contribution in [2.75, 3.05) is 20.0 Å². The summed E-state index contributed by atoms with van der Waals surface area (Å²) in [5.41, 5.74) is 1.40. The summed E-state index contributed by atoms with van der Waals surface area (Å²) in [6.45, 7) is 7.02. The summed E-state index contributed by atoms with van der Waals surface area (Å²) in [5, 5.41) is -1.89. The minimum absolute atomic E-state index is 0.202. The Labute approximate surface area is 124 Å². The molecule has 19 heavy (non-hydrogen) atoms. The van der Waals surface area contributed by atoms with E-state index in [1.807, 2.05) is 30.3 Å². The average Bonchev–Trinajstić information content (AvgIpc) is 2.37. The van der Waals surface area contributed by atoms with E-state index in [9.17, 15) is 4.79 Å². The van der Waals surface area contributed by atoms with E-state index in [0.29, 0.717) is 11.4 Å². The maximum absolute atomic E-state index is 12.8. The summed E-state index contributed by atoms with van der Waals surface area (Å²) in [5.74, 6) is 0.553. The van der Waals surface area contributed by atoms with Gasteiger partial charge in [0.15, 0.2) is 0 Å². The van der Waals surface area contributed by atoms with Gasteiger partial charge in [0.05, 0.1) is 0 Å². The molecule has 0 aromatic heterocycles. The zero-order valence-corrected chi connectivity index (χ0v) is 14.6. The Bertz CT molecular complexity index is 451. The van der Waals surface area contributed by atoms with Crippen LogP contribution in [0.15, 0.2) is 30.3 Å². The molecule has 2 atom stereocenters. The van der Waals surface area contributed by atoms with Crippen LogP contribution in [0.1, 0.15) is 36.0 Å². The van der Waals surface area contributed by atoms with Crippen LogP contribution in [0.2, 0.25) is 0 Å².